The Morgan fingerprint density at radius 3 is 2.96 bits per heavy atom. The lowest BCUT2D eigenvalue weighted by atomic mass is 9.99. The third kappa shape index (κ3) is 3.47. The van der Waals surface area contributed by atoms with Crippen molar-refractivity contribution < 1.29 is 9.18 Å². The lowest BCUT2D eigenvalue weighted by molar-refractivity contribution is -0.129. The molecule has 6 heteroatoms. The van der Waals surface area contributed by atoms with E-state index in [1.165, 1.54) is 12.1 Å². The van der Waals surface area contributed by atoms with Crippen LogP contribution in [0.15, 0.2) is 30.6 Å². The first-order chi connectivity index (χ1) is 11.0. The Bertz CT molecular complexity index is 734. The second-order valence-corrected chi connectivity index (χ2v) is 5.82. The SMILES string of the molecule is CC(=O)N1CCC(Nc2cncc(C)n2)c2ccc(F)cc2C1. The molecule has 1 atom stereocenters. The fourth-order valence-electron chi connectivity index (χ4n) is 2.91. The number of aromatic nitrogens is 2. The second-order valence-electron chi connectivity index (χ2n) is 5.82. The molecule has 3 rings (SSSR count). The van der Waals surface area contributed by atoms with Crippen molar-refractivity contribution in [3.05, 3.63) is 53.2 Å². The number of carbonyl (C=O) groups is 1. The average molecular weight is 314 g/mol. The Balaban J connectivity index is 1.93. The van der Waals surface area contributed by atoms with Gasteiger partial charge in [0.15, 0.2) is 0 Å². The van der Waals surface area contributed by atoms with Gasteiger partial charge in [-0.2, -0.15) is 0 Å². The molecule has 1 aliphatic rings. The van der Waals surface area contributed by atoms with Crippen LogP contribution in [0.25, 0.3) is 0 Å². The molecular formula is C17H19FN4O. The molecule has 0 aliphatic carbocycles. The highest BCUT2D eigenvalue weighted by molar-refractivity contribution is 5.73. The molecule has 120 valence electrons. The molecule has 1 aromatic carbocycles. The molecule has 23 heavy (non-hydrogen) atoms. The van der Waals surface area contributed by atoms with E-state index in [4.69, 9.17) is 0 Å². The van der Waals surface area contributed by atoms with Crippen LogP contribution >= 0.6 is 0 Å². The molecular weight excluding hydrogens is 295 g/mol. The molecule has 1 aliphatic heterocycles. The molecule has 1 N–H and O–H groups in total. The van der Waals surface area contributed by atoms with Crippen LogP contribution in [0.5, 0.6) is 0 Å². The predicted molar refractivity (Wildman–Crippen MR) is 85.2 cm³/mol. The maximum Gasteiger partial charge on any atom is 0.219 e. The second kappa shape index (κ2) is 6.32. The summed E-state index contributed by atoms with van der Waals surface area (Å²) in [5.41, 5.74) is 2.66. The van der Waals surface area contributed by atoms with Gasteiger partial charge < -0.3 is 10.2 Å². The quantitative estimate of drug-likeness (QED) is 0.926. The molecule has 0 radical (unpaired) electrons. The summed E-state index contributed by atoms with van der Waals surface area (Å²) in [7, 11) is 0. The molecule has 0 saturated carbocycles. The first-order valence-corrected chi connectivity index (χ1v) is 7.62. The zero-order valence-electron chi connectivity index (χ0n) is 13.2. The van der Waals surface area contributed by atoms with Gasteiger partial charge in [-0.1, -0.05) is 6.07 Å². The Morgan fingerprint density at radius 1 is 1.39 bits per heavy atom. The van der Waals surface area contributed by atoms with Crippen LogP contribution in [-0.4, -0.2) is 27.3 Å². The van der Waals surface area contributed by atoms with Crippen molar-refractivity contribution in [1.29, 1.82) is 0 Å². The van der Waals surface area contributed by atoms with E-state index < -0.39 is 0 Å². The number of nitrogens with zero attached hydrogens (tertiary/aromatic N) is 3. The van der Waals surface area contributed by atoms with Gasteiger partial charge in [0, 0.05) is 26.2 Å². The molecule has 1 amide bonds. The fourth-order valence-corrected chi connectivity index (χ4v) is 2.91. The maximum atomic E-state index is 13.6. The predicted octanol–water partition coefficient (Wildman–Crippen LogP) is 2.83. The number of amides is 1. The van der Waals surface area contributed by atoms with E-state index in [1.54, 1.807) is 30.3 Å². The van der Waals surface area contributed by atoms with Crippen molar-refractivity contribution in [1.82, 2.24) is 14.9 Å². The zero-order valence-corrected chi connectivity index (χ0v) is 13.2. The van der Waals surface area contributed by atoms with Gasteiger partial charge >= 0.3 is 0 Å². The number of nitrogens with one attached hydrogen (secondary N) is 1. The van der Waals surface area contributed by atoms with Gasteiger partial charge in [-0.3, -0.25) is 9.78 Å². The minimum absolute atomic E-state index is 0.00351. The van der Waals surface area contributed by atoms with Crippen molar-refractivity contribution in [2.75, 3.05) is 11.9 Å². The molecule has 0 spiro atoms. The van der Waals surface area contributed by atoms with Gasteiger partial charge in [-0.25, -0.2) is 9.37 Å². The summed E-state index contributed by atoms with van der Waals surface area (Å²) in [5, 5.41) is 3.36. The molecule has 1 aromatic heterocycles. The van der Waals surface area contributed by atoms with E-state index in [1.807, 2.05) is 6.92 Å². The first-order valence-electron chi connectivity index (χ1n) is 7.62. The van der Waals surface area contributed by atoms with Gasteiger partial charge in [0.1, 0.15) is 11.6 Å². The first kappa shape index (κ1) is 15.4. The van der Waals surface area contributed by atoms with E-state index in [0.717, 1.165) is 23.2 Å². The maximum absolute atomic E-state index is 13.6. The monoisotopic (exact) mass is 314 g/mol. The summed E-state index contributed by atoms with van der Waals surface area (Å²) in [4.78, 5) is 22.0. The lowest BCUT2D eigenvalue weighted by Gasteiger charge is -2.20. The van der Waals surface area contributed by atoms with Gasteiger partial charge in [0.25, 0.3) is 0 Å². The molecule has 5 nitrogen and oxygen atoms in total. The standard InChI is InChI=1S/C17H19FN4O/c1-11-8-19-9-17(20-11)21-16-5-6-22(12(2)23)10-13-7-14(18)3-4-15(13)16/h3-4,7-9,16H,5-6,10H2,1-2H3,(H,20,21). The number of carbonyl (C=O) groups excluding carboxylic acids is 1. The third-order valence-electron chi connectivity index (χ3n) is 4.05. The number of anilines is 1. The van der Waals surface area contributed by atoms with Crippen molar-refractivity contribution >= 4 is 11.7 Å². The molecule has 2 heterocycles. The highest BCUT2D eigenvalue weighted by Gasteiger charge is 2.24. The number of aryl methyl sites for hydroxylation is 1. The van der Waals surface area contributed by atoms with E-state index in [2.05, 4.69) is 15.3 Å². The molecule has 0 saturated heterocycles. The van der Waals surface area contributed by atoms with Crippen LogP contribution in [0.2, 0.25) is 0 Å². The van der Waals surface area contributed by atoms with Gasteiger partial charge in [-0.05, 0) is 36.6 Å². The van der Waals surface area contributed by atoms with Crippen molar-refractivity contribution in [2.24, 2.45) is 0 Å². The molecule has 0 bridgehead atoms. The molecule has 1 unspecified atom stereocenters. The topological polar surface area (TPSA) is 58.1 Å². The summed E-state index contributed by atoms with van der Waals surface area (Å²) < 4.78 is 13.6. The Hall–Kier alpha value is -2.50. The third-order valence-corrected chi connectivity index (χ3v) is 4.05. The molecule has 2 aromatic rings. The summed E-state index contributed by atoms with van der Waals surface area (Å²) in [6.45, 7) is 4.47. The van der Waals surface area contributed by atoms with E-state index in [0.29, 0.717) is 18.9 Å². The van der Waals surface area contributed by atoms with Gasteiger partial charge in [0.2, 0.25) is 5.91 Å². The van der Waals surface area contributed by atoms with E-state index >= 15 is 0 Å². The smallest absolute Gasteiger partial charge is 0.219 e. The number of hydrogen-bond acceptors (Lipinski definition) is 4. The minimum Gasteiger partial charge on any atom is -0.362 e. The highest BCUT2D eigenvalue weighted by Crippen LogP contribution is 2.30. The number of halogens is 1. The summed E-state index contributed by atoms with van der Waals surface area (Å²) >= 11 is 0. The van der Waals surface area contributed by atoms with Crippen LogP contribution in [0, 0.1) is 12.7 Å². The van der Waals surface area contributed by atoms with Crippen molar-refractivity contribution in [3.63, 3.8) is 0 Å². The van der Waals surface area contributed by atoms with Crippen LogP contribution in [0.1, 0.15) is 36.2 Å². The van der Waals surface area contributed by atoms with Crippen molar-refractivity contribution in [2.45, 2.75) is 32.9 Å². The normalized spacial score (nSPS) is 17.3. The van der Waals surface area contributed by atoms with Crippen LogP contribution in [0.4, 0.5) is 10.2 Å². The summed E-state index contributed by atoms with van der Waals surface area (Å²) in [5.74, 6) is 0.390. The zero-order chi connectivity index (χ0) is 16.4. The number of rotatable bonds is 2. The van der Waals surface area contributed by atoms with Crippen LogP contribution in [0.3, 0.4) is 0 Å². The number of hydrogen-bond donors (Lipinski definition) is 1. The minimum atomic E-state index is -0.289. The van der Waals surface area contributed by atoms with Gasteiger partial charge in [-0.15, -0.1) is 0 Å². The van der Waals surface area contributed by atoms with E-state index in [-0.39, 0.29) is 17.8 Å². The van der Waals surface area contributed by atoms with Crippen LogP contribution < -0.4 is 5.32 Å². The Labute approximate surface area is 134 Å². The number of fused-ring (bicyclic) bond motifs is 1. The van der Waals surface area contributed by atoms with E-state index in [9.17, 15) is 9.18 Å². The Kier molecular flexibility index (Phi) is 4.23. The summed E-state index contributed by atoms with van der Waals surface area (Å²) in [6.07, 6.45) is 4.09. The molecule has 0 fully saturated rings. The van der Waals surface area contributed by atoms with Crippen LogP contribution in [-0.2, 0) is 11.3 Å². The Morgan fingerprint density at radius 2 is 2.22 bits per heavy atom. The van der Waals surface area contributed by atoms with Gasteiger partial charge in [0.05, 0.1) is 17.9 Å². The fraction of sp³-hybridized carbons (Fsp3) is 0.353. The average Bonchev–Trinajstić information content (AvgIpc) is 2.67. The largest absolute Gasteiger partial charge is 0.362 e. The van der Waals surface area contributed by atoms with Crippen molar-refractivity contribution in [3.8, 4) is 0 Å². The highest BCUT2D eigenvalue weighted by atomic mass is 19.1. The number of benzene rings is 1. The summed E-state index contributed by atoms with van der Waals surface area (Å²) in [6, 6.07) is 4.72. The lowest BCUT2D eigenvalue weighted by Crippen LogP contribution is -2.28.